The largest absolute Gasteiger partial charge is 0.302 e. The van der Waals surface area contributed by atoms with Crippen molar-refractivity contribution in [3.8, 4) is 0 Å². The van der Waals surface area contributed by atoms with E-state index in [9.17, 15) is 4.79 Å². The standard InChI is InChI=1S/C14H13NO/c1-11-9-13(7-8-15-11)14(10-16)12-5-3-2-4-6-12/h2-10,14H,1H3. The van der Waals surface area contributed by atoms with Crippen LogP contribution in [0.2, 0.25) is 0 Å². The van der Waals surface area contributed by atoms with Gasteiger partial charge in [0.1, 0.15) is 6.29 Å². The molecule has 1 aromatic carbocycles. The van der Waals surface area contributed by atoms with Gasteiger partial charge < -0.3 is 4.79 Å². The van der Waals surface area contributed by atoms with E-state index in [1.165, 1.54) is 0 Å². The first-order valence-electron chi connectivity index (χ1n) is 5.24. The minimum atomic E-state index is -0.192. The van der Waals surface area contributed by atoms with Gasteiger partial charge in [-0.05, 0) is 30.2 Å². The van der Waals surface area contributed by atoms with Gasteiger partial charge in [-0.1, -0.05) is 30.3 Å². The van der Waals surface area contributed by atoms with Crippen LogP contribution in [0, 0.1) is 6.92 Å². The minimum Gasteiger partial charge on any atom is -0.302 e. The molecule has 0 saturated heterocycles. The van der Waals surface area contributed by atoms with Crippen molar-refractivity contribution in [3.05, 3.63) is 65.5 Å². The lowest BCUT2D eigenvalue weighted by atomic mass is 9.93. The van der Waals surface area contributed by atoms with Crippen molar-refractivity contribution >= 4 is 6.29 Å². The van der Waals surface area contributed by atoms with Crippen LogP contribution >= 0.6 is 0 Å². The van der Waals surface area contributed by atoms with Crippen LogP contribution in [0.5, 0.6) is 0 Å². The highest BCUT2D eigenvalue weighted by Crippen LogP contribution is 2.22. The summed E-state index contributed by atoms with van der Waals surface area (Å²) in [7, 11) is 0. The van der Waals surface area contributed by atoms with Gasteiger partial charge >= 0.3 is 0 Å². The van der Waals surface area contributed by atoms with E-state index in [1.54, 1.807) is 6.20 Å². The van der Waals surface area contributed by atoms with Gasteiger partial charge in [0.25, 0.3) is 0 Å². The number of aldehydes is 1. The quantitative estimate of drug-likeness (QED) is 0.731. The molecule has 0 bridgehead atoms. The number of benzene rings is 1. The summed E-state index contributed by atoms with van der Waals surface area (Å²) in [5.74, 6) is -0.192. The molecule has 2 nitrogen and oxygen atoms in total. The maximum atomic E-state index is 11.2. The number of nitrogens with zero attached hydrogens (tertiary/aromatic N) is 1. The molecule has 0 N–H and O–H groups in total. The highest BCUT2D eigenvalue weighted by atomic mass is 16.1. The van der Waals surface area contributed by atoms with Crippen LogP contribution in [0.15, 0.2) is 48.7 Å². The second kappa shape index (κ2) is 4.71. The van der Waals surface area contributed by atoms with E-state index >= 15 is 0 Å². The Morgan fingerprint density at radius 1 is 1.12 bits per heavy atom. The summed E-state index contributed by atoms with van der Waals surface area (Å²) in [6.45, 7) is 1.93. The predicted molar refractivity (Wildman–Crippen MR) is 63.3 cm³/mol. The highest BCUT2D eigenvalue weighted by Gasteiger charge is 2.12. The Hall–Kier alpha value is -1.96. The third-order valence-electron chi connectivity index (χ3n) is 2.57. The lowest BCUT2D eigenvalue weighted by molar-refractivity contribution is -0.108. The first-order valence-corrected chi connectivity index (χ1v) is 5.24. The summed E-state index contributed by atoms with van der Waals surface area (Å²) in [6.07, 6.45) is 2.72. The van der Waals surface area contributed by atoms with Crippen LogP contribution in [0.4, 0.5) is 0 Å². The topological polar surface area (TPSA) is 30.0 Å². The van der Waals surface area contributed by atoms with Crippen LogP contribution < -0.4 is 0 Å². The zero-order valence-electron chi connectivity index (χ0n) is 9.13. The van der Waals surface area contributed by atoms with Crippen molar-refractivity contribution in [1.82, 2.24) is 4.98 Å². The molecule has 1 atom stereocenters. The van der Waals surface area contributed by atoms with Crippen molar-refractivity contribution in [3.63, 3.8) is 0 Å². The molecule has 0 aliphatic rings. The second-order valence-electron chi connectivity index (χ2n) is 3.75. The summed E-state index contributed by atoms with van der Waals surface area (Å²) in [4.78, 5) is 15.3. The highest BCUT2D eigenvalue weighted by molar-refractivity contribution is 5.68. The fraction of sp³-hybridized carbons (Fsp3) is 0.143. The van der Waals surface area contributed by atoms with Crippen LogP contribution in [-0.2, 0) is 4.79 Å². The molecule has 0 fully saturated rings. The van der Waals surface area contributed by atoms with Gasteiger partial charge in [0.05, 0.1) is 5.92 Å². The van der Waals surface area contributed by atoms with Gasteiger partial charge in [-0.2, -0.15) is 0 Å². The van der Waals surface area contributed by atoms with E-state index < -0.39 is 0 Å². The van der Waals surface area contributed by atoms with E-state index in [0.29, 0.717) is 0 Å². The molecular formula is C14H13NO. The third-order valence-corrected chi connectivity index (χ3v) is 2.57. The normalized spacial score (nSPS) is 12.1. The first kappa shape index (κ1) is 10.6. The average molecular weight is 211 g/mol. The fourth-order valence-corrected chi connectivity index (χ4v) is 1.77. The summed E-state index contributed by atoms with van der Waals surface area (Å²) in [6, 6.07) is 13.6. The maximum absolute atomic E-state index is 11.2. The van der Waals surface area contributed by atoms with Crippen LogP contribution in [-0.4, -0.2) is 11.3 Å². The van der Waals surface area contributed by atoms with Crippen molar-refractivity contribution in [2.75, 3.05) is 0 Å². The minimum absolute atomic E-state index is 0.192. The molecule has 1 heterocycles. The van der Waals surface area contributed by atoms with Crippen LogP contribution in [0.3, 0.4) is 0 Å². The molecule has 1 unspecified atom stereocenters. The van der Waals surface area contributed by atoms with Gasteiger partial charge in [-0.15, -0.1) is 0 Å². The van der Waals surface area contributed by atoms with E-state index in [4.69, 9.17) is 0 Å². The van der Waals surface area contributed by atoms with Gasteiger partial charge in [0.2, 0.25) is 0 Å². The number of pyridine rings is 1. The first-order chi connectivity index (χ1) is 7.81. The number of hydrogen-bond donors (Lipinski definition) is 0. The monoisotopic (exact) mass is 211 g/mol. The number of carbonyl (C=O) groups excluding carboxylic acids is 1. The van der Waals surface area contributed by atoms with E-state index in [-0.39, 0.29) is 5.92 Å². The smallest absolute Gasteiger partial charge is 0.131 e. The lowest BCUT2D eigenvalue weighted by Crippen LogP contribution is -2.02. The molecule has 0 spiro atoms. The van der Waals surface area contributed by atoms with Gasteiger partial charge in [-0.25, -0.2) is 0 Å². The second-order valence-corrected chi connectivity index (χ2v) is 3.75. The molecule has 2 rings (SSSR count). The Kier molecular flexibility index (Phi) is 3.10. The van der Waals surface area contributed by atoms with Gasteiger partial charge in [0, 0.05) is 11.9 Å². The Morgan fingerprint density at radius 2 is 1.88 bits per heavy atom. The summed E-state index contributed by atoms with van der Waals surface area (Å²) >= 11 is 0. The predicted octanol–water partition coefficient (Wildman–Crippen LogP) is 2.72. The van der Waals surface area contributed by atoms with E-state index in [0.717, 1.165) is 23.1 Å². The maximum Gasteiger partial charge on any atom is 0.131 e. The van der Waals surface area contributed by atoms with Crippen molar-refractivity contribution < 1.29 is 4.79 Å². The Labute approximate surface area is 95.0 Å². The number of rotatable bonds is 3. The number of hydrogen-bond acceptors (Lipinski definition) is 2. The molecule has 0 amide bonds. The van der Waals surface area contributed by atoms with Crippen molar-refractivity contribution in [2.45, 2.75) is 12.8 Å². The van der Waals surface area contributed by atoms with E-state index in [2.05, 4.69) is 4.98 Å². The molecule has 1 aromatic heterocycles. The Morgan fingerprint density at radius 3 is 2.50 bits per heavy atom. The van der Waals surface area contributed by atoms with E-state index in [1.807, 2.05) is 49.4 Å². The molecular weight excluding hydrogens is 198 g/mol. The van der Waals surface area contributed by atoms with Gasteiger partial charge in [0.15, 0.2) is 0 Å². The molecule has 0 saturated carbocycles. The number of aromatic nitrogens is 1. The van der Waals surface area contributed by atoms with Crippen LogP contribution in [0.1, 0.15) is 22.7 Å². The molecule has 0 aliphatic heterocycles. The molecule has 80 valence electrons. The molecule has 16 heavy (non-hydrogen) atoms. The molecule has 0 aliphatic carbocycles. The fourth-order valence-electron chi connectivity index (χ4n) is 1.77. The summed E-state index contributed by atoms with van der Waals surface area (Å²) in [5.41, 5.74) is 2.94. The zero-order valence-corrected chi connectivity index (χ0v) is 9.13. The van der Waals surface area contributed by atoms with Crippen molar-refractivity contribution in [2.24, 2.45) is 0 Å². The number of carbonyl (C=O) groups is 1. The lowest BCUT2D eigenvalue weighted by Gasteiger charge is -2.11. The molecule has 0 radical (unpaired) electrons. The summed E-state index contributed by atoms with van der Waals surface area (Å²) < 4.78 is 0. The van der Waals surface area contributed by atoms with Crippen LogP contribution in [0.25, 0.3) is 0 Å². The molecule has 2 heteroatoms. The number of aryl methyl sites for hydroxylation is 1. The average Bonchev–Trinajstić information content (AvgIpc) is 2.31. The Bertz CT molecular complexity index is 479. The van der Waals surface area contributed by atoms with Gasteiger partial charge in [-0.3, -0.25) is 4.98 Å². The third kappa shape index (κ3) is 2.16. The molecule has 2 aromatic rings. The zero-order chi connectivity index (χ0) is 11.4. The SMILES string of the molecule is Cc1cc(C(C=O)c2ccccc2)ccn1. The van der Waals surface area contributed by atoms with Crippen molar-refractivity contribution in [1.29, 1.82) is 0 Å². The Balaban J connectivity index is 2.41. The summed E-state index contributed by atoms with van der Waals surface area (Å²) in [5, 5.41) is 0.